The molecule has 0 aliphatic heterocycles. The average Bonchev–Trinajstić information content (AvgIpc) is 3.67. The first-order valence-corrected chi connectivity index (χ1v) is 13.1. The molecule has 38 heavy (non-hydrogen) atoms. The molecule has 5 aromatic rings. The van der Waals surface area contributed by atoms with Crippen LogP contribution in [0.25, 0.3) is 22.4 Å². The third-order valence-corrected chi connectivity index (χ3v) is 7.17. The van der Waals surface area contributed by atoms with Crippen molar-refractivity contribution in [1.29, 1.82) is 0 Å². The maximum atomic E-state index is 5.18. The highest BCUT2D eigenvalue weighted by atomic mass is 16.5. The molecule has 0 bridgehead atoms. The molecule has 0 saturated carbocycles. The molecule has 1 aliphatic carbocycles. The third kappa shape index (κ3) is 4.77. The van der Waals surface area contributed by atoms with Crippen molar-refractivity contribution < 1.29 is 4.74 Å². The van der Waals surface area contributed by atoms with Gasteiger partial charge in [-0.1, -0.05) is 24.3 Å². The number of hydrogen-bond donors (Lipinski definition) is 0. The Balaban J connectivity index is 1.30. The molecule has 4 heterocycles. The van der Waals surface area contributed by atoms with Crippen molar-refractivity contribution >= 4 is 0 Å². The number of rotatable bonds is 9. The Bertz CT molecular complexity index is 1580. The van der Waals surface area contributed by atoms with E-state index in [1.165, 1.54) is 16.8 Å². The first-order chi connectivity index (χ1) is 18.6. The Morgan fingerprint density at radius 2 is 1.92 bits per heavy atom. The molecule has 0 fully saturated rings. The van der Waals surface area contributed by atoms with Crippen molar-refractivity contribution in [3.05, 3.63) is 89.2 Å². The van der Waals surface area contributed by atoms with Gasteiger partial charge in [-0.3, -0.25) is 14.0 Å². The lowest BCUT2D eigenvalue weighted by Crippen LogP contribution is -2.10. The molecule has 4 aromatic heterocycles. The second kappa shape index (κ2) is 10.3. The molecule has 6 rings (SSSR count). The van der Waals surface area contributed by atoms with Gasteiger partial charge in [0.05, 0.1) is 48.5 Å². The summed E-state index contributed by atoms with van der Waals surface area (Å²) in [5.41, 5.74) is 10.1. The van der Waals surface area contributed by atoms with Crippen LogP contribution in [-0.4, -0.2) is 53.0 Å². The summed E-state index contributed by atoms with van der Waals surface area (Å²) in [5.74, 6) is 0.792. The Hall–Kier alpha value is -4.11. The maximum Gasteiger partial charge on any atom is 0.134 e. The van der Waals surface area contributed by atoms with Gasteiger partial charge in [0.25, 0.3) is 0 Å². The van der Waals surface area contributed by atoms with Gasteiger partial charge in [0.1, 0.15) is 5.82 Å². The van der Waals surface area contributed by atoms with Crippen molar-refractivity contribution in [3.63, 3.8) is 0 Å². The van der Waals surface area contributed by atoms with Gasteiger partial charge in [0.2, 0.25) is 0 Å². The molecule has 9 nitrogen and oxygen atoms in total. The highest BCUT2D eigenvalue weighted by Gasteiger charge is 2.26. The summed E-state index contributed by atoms with van der Waals surface area (Å²) in [5, 5.41) is 14.0. The summed E-state index contributed by atoms with van der Waals surface area (Å²) in [6.45, 7) is 4.32. The fourth-order valence-corrected chi connectivity index (χ4v) is 5.16. The smallest absolute Gasteiger partial charge is 0.134 e. The summed E-state index contributed by atoms with van der Waals surface area (Å²) in [4.78, 5) is 9.74. The van der Waals surface area contributed by atoms with Gasteiger partial charge in [-0.25, -0.2) is 9.97 Å². The summed E-state index contributed by atoms with van der Waals surface area (Å²) in [6, 6.07) is 10.7. The predicted molar refractivity (Wildman–Crippen MR) is 145 cm³/mol. The standard InChI is InChI=1S/C29H32N8O/c1-4-36-11-10-24(33-36)16-27-30-17-22-8-9-25-28(29(22)32-27)26(35(2)34-25)15-20-6-5-7-21(14-20)23-18-31-37(19-23)12-13-38-3/h5-7,10-11,14,17-19H,4,8-9,12-13,15-16H2,1-3H3. The first kappa shape index (κ1) is 24.2. The second-order valence-electron chi connectivity index (χ2n) is 9.75. The Morgan fingerprint density at radius 1 is 1.00 bits per heavy atom. The summed E-state index contributed by atoms with van der Waals surface area (Å²) >= 11 is 0. The number of aromatic nitrogens is 8. The Morgan fingerprint density at radius 3 is 2.76 bits per heavy atom. The van der Waals surface area contributed by atoms with Crippen LogP contribution >= 0.6 is 0 Å². The van der Waals surface area contributed by atoms with Crippen LogP contribution in [0, 0.1) is 0 Å². The van der Waals surface area contributed by atoms with Crippen LogP contribution in [0.5, 0.6) is 0 Å². The lowest BCUT2D eigenvalue weighted by atomic mass is 9.91. The summed E-state index contributed by atoms with van der Waals surface area (Å²) in [7, 11) is 3.74. The van der Waals surface area contributed by atoms with Gasteiger partial charge in [0.15, 0.2) is 0 Å². The minimum atomic E-state index is 0.616. The fraction of sp³-hybridized carbons (Fsp3) is 0.345. The van der Waals surface area contributed by atoms with E-state index in [1.807, 2.05) is 45.7 Å². The van der Waals surface area contributed by atoms with Gasteiger partial charge in [-0.05, 0) is 42.5 Å². The minimum absolute atomic E-state index is 0.616. The van der Waals surface area contributed by atoms with E-state index in [4.69, 9.17) is 14.8 Å². The van der Waals surface area contributed by atoms with Gasteiger partial charge in [-0.15, -0.1) is 0 Å². The number of ether oxygens (including phenoxy) is 1. The normalized spacial score (nSPS) is 12.5. The summed E-state index contributed by atoms with van der Waals surface area (Å²) < 4.78 is 11.1. The van der Waals surface area contributed by atoms with E-state index < -0.39 is 0 Å². The first-order valence-electron chi connectivity index (χ1n) is 13.1. The van der Waals surface area contributed by atoms with Crippen molar-refractivity contribution in [3.8, 4) is 22.4 Å². The molecule has 0 atom stereocenters. The Labute approximate surface area is 222 Å². The van der Waals surface area contributed by atoms with E-state index >= 15 is 0 Å². The molecule has 1 aliphatic rings. The van der Waals surface area contributed by atoms with Crippen LogP contribution in [0.3, 0.4) is 0 Å². The number of nitrogens with zero attached hydrogens (tertiary/aromatic N) is 8. The lowest BCUT2D eigenvalue weighted by molar-refractivity contribution is 0.183. The van der Waals surface area contributed by atoms with Gasteiger partial charge < -0.3 is 4.74 Å². The highest BCUT2D eigenvalue weighted by molar-refractivity contribution is 5.71. The van der Waals surface area contributed by atoms with Crippen molar-refractivity contribution in [1.82, 2.24) is 39.3 Å². The third-order valence-electron chi connectivity index (χ3n) is 7.17. The number of fused-ring (bicyclic) bond motifs is 3. The number of hydrogen-bond acceptors (Lipinski definition) is 6. The van der Waals surface area contributed by atoms with Gasteiger partial charge in [-0.2, -0.15) is 15.3 Å². The molecule has 9 heteroatoms. The van der Waals surface area contributed by atoms with Crippen LogP contribution in [0.4, 0.5) is 0 Å². The molecule has 0 spiro atoms. The van der Waals surface area contributed by atoms with E-state index in [2.05, 4.69) is 52.6 Å². The number of aryl methyl sites for hydroxylation is 4. The fourth-order valence-electron chi connectivity index (χ4n) is 5.16. The monoisotopic (exact) mass is 508 g/mol. The summed E-state index contributed by atoms with van der Waals surface area (Å²) in [6.07, 6.45) is 11.2. The largest absolute Gasteiger partial charge is 0.383 e. The molecule has 0 saturated heterocycles. The lowest BCUT2D eigenvalue weighted by Gasteiger charge is -2.16. The molecular weight excluding hydrogens is 476 g/mol. The van der Waals surface area contributed by atoms with Crippen LogP contribution in [0.15, 0.2) is 55.1 Å². The predicted octanol–water partition coefficient (Wildman–Crippen LogP) is 3.88. The van der Waals surface area contributed by atoms with Crippen molar-refractivity contribution in [2.24, 2.45) is 7.05 Å². The molecule has 0 radical (unpaired) electrons. The van der Waals surface area contributed by atoms with Crippen molar-refractivity contribution in [2.75, 3.05) is 13.7 Å². The zero-order valence-electron chi connectivity index (χ0n) is 22.1. The topological polar surface area (TPSA) is 88.5 Å². The van der Waals surface area contributed by atoms with E-state index in [1.54, 1.807) is 7.11 Å². The number of benzene rings is 1. The molecular formula is C29H32N8O. The Kier molecular flexibility index (Phi) is 6.59. The van der Waals surface area contributed by atoms with E-state index in [0.717, 1.165) is 71.9 Å². The molecule has 0 unspecified atom stereocenters. The van der Waals surface area contributed by atoms with Gasteiger partial charge in [0, 0.05) is 56.8 Å². The second-order valence-corrected chi connectivity index (χ2v) is 9.75. The maximum absolute atomic E-state index is 5.18. The SMILES string of the molecule is CCn1ccc(Cc2ncc3c(n2)-c2c(nn(C)c2Cc2cccc(-c4cnn(CCOC)c4)c2)CC3)n1. The van der Waals surface area contributed by atoms with E-state index in [-0.39, 0.29) is 0 Å². The minimum Gasteiger partial charge on any atom is -0.383 e. The van der Waals surface area contributed by atoms with Gasteiger partial charge >= 0.3 is 0 Å². The zero-order chi connectivity index (χ0) is 26.1. The molecule has 0 amide bonds. The van der Waals surface area contributed by atoms with E-state index in [9.17, 15) is 0 Å². The van der Waals surface area contributed by atoms with Crippen LogP contribution in [-0.2, 0) is 50.6 Å². The average molecular weight is 509 g/mol. The highest BCUT2D eigenvalue weighted by Crippen LogP contribution is 2.35. The van der Waals surface area contributed by atoms with Crippen LogP contribution in [0.1, 0.15) is 41.0 Å². The van der Waals surface area contributed by atoms with Crippen LogP contribution < -0.4 is 0 Å². The molecule has 1 aromatic carbocycles. The molecule has 0 N–H and O–H groups in total. The number of methoxy groups -OCH3 is 1. The zero-order valence-corrected chi connectivity index (χ0v) is 22.1. The van der Waals surface area contributed by atoms with Crippen LogP contribution in [0.2, 0.25) is 0 Å². The van der Waals surface area contributed by atoms with E-state index in [0.29, 0.717) is 13.0 Å². The quantitative estimate of drug-likeness (QED) is 0.300. The van der Waals surface area contributed by atoms with Crippen molar-refractivity contribution in [2.45, 2.75) is 45.7 Å². The molecule has 194 valence electrons.